The van der Waals surface area contributed by atoms with E-state index in [2.05, 4.69) is 11.8 Å². The van der Waals surface area contributed by atoms with Crippen LogP contribution in [0.4, 0.5) is 0 Å². The normalized spacial score (nSPS) is 20.5. The maximum atomic E-state index is 11.6. The van der Waals surface area contributed by atoms with E-state index in [-0.39, 0.29) is 0 Å². The molecule has 0 radical (unpaired) electrons. The number of likely N-dealkylation sites (tertiary alicyclic amines) is 1. The minimum Gasteiger partial charge on any atom is -0.478 e. The topological polar surface area (TPSA) is 53.7 Å². The molecular formula is C17H21NO3. The van der Waals surface area contributed by atoms with Crippen LogP contribution in [0.15, 0.2) is 28.7 Å². The number of fused-ring (bicyclic) bond motifs is 1. The van der Waals surface area contributed by atoms with Gasteiger partial charge in [-0.2, -0.15) is 0 Å². The Kier molecular flexibility index (Phi) is 3.97. The Morgan fingerprint density at radius 1 is 1.33 bits per heavy atom. The van der Waals surface area contributed by atoms with Crippen LogP contribution >= 0.6 is 0 Å². The smallest absolute Gasteiger partial charge is 0.339 e. The number of para-hydroxylation sites is 1. The van der Waals surface area contributed by atoms with Crippen LogP contribution in [0.1, 0.15) is 48.7 Å². The van der Waals surface area contributed by atoms with Crippen molar-refractivity contribution in [3.05, 3.63) is 35.6 Å². The highest BCUT2D eigenvalue weighted by Gasteiger charge is 2.24. The molecule has 3 rings (SSSR count). The molecule has 0 amide bonds. The van der Waals surface area contributed by atoms with E-state index in [1.807, 2.05) is 24.3 Å². The summed E-state index contributed by atoms with van der Waals surface area (Å²) in [6.45, 7) is 3.81. The molecule has 1 aliphatic rings. The van der Waals surface area contributed by atoms with Crippen molar-refractivity contribution in [2.24, 2.45) is 0 Å². The van der Waals surface area contributed by atoms with E-state index < -0.39 is 5.97 Å². The number of carboxylic acids is 1. The van der Waals surface area contributed by atoms with E-state index in [9.17, 15) is 9.90 Å². The Balaban J connectivity index is 1.95. The molecule has 21 heavy (non-hydrogen) atoms. The zero-order valence-electron chi connectivity index (χ0n) is 12.3. The molecule has 0 saturated carbocycles. The quantitative estimate of drug-likeness (QED) is 0.930. The summed E-state index contributed by atoms with van der Waals surface area (Å²) in [5.74, 6) is -0.324. The summed E-state index contributed by atoms with van der Waals surface area (Å²) in [5, 5.41) is 10.2. The van der Waals surface area contributed by atoms with Crippen molar-refractivity contribution in [3.63, 3.8) is 0 Å². The standard InChI is InChI=1S/C17H21NO3/c1-12-7-3-2-6-10-18(12)11-15-16(17(19)20)13-8-4-5-9-14(13)21-15/h4-5,8-9,12H,2-3,6-7,10-11H2,1H3,(H,19,20). The van der Waals surface area contributed by atoms with Crippen LogP contribution in [0, 0.1) is 0 Å². The summed E-state index contributed by atoms with van der Waals surface area (Å²) in [6, 6.07) is 7.84. The van der Waals surface area contributed by atoms with Gasteiger partial charge in [0.2, 0.25) is 0 Å². The number of nitrogens with zero attached hydrogens (tertiary/aromatic N) is 1. The zero-order chi connectivity index (χ0) is 14.8. The minimum atomic E-state index is -0.905. The van der Waals surface area contributed by atoms with Crippen LogP contribution in [0.5, 0.6) is 0 Å². The molecule has 1 aromatic heterocycles. The first-order valence-electron chi connectivity index (χ1n) is 7.64. The number of aromatic carboxylic acids is 1. The Morgan fingerprint density at radius 2 is 2.14 bits per heavy atom. The molecule has 1 N–H and O–H groups in total. The number of hydrogen-bond acceptors (Lipinski definition) is 3. The molecular weight excluding hydrogens is 266 g/mol. The molecule has 1 atom stereocenters. The third-order valence-electron chi connectivity index (χ3n) is 4.42. The Bertz CT molecular complexity index is 647. The van der Waals surface area contributed by atoms with E-state index >= 15 is 0 Å². The SMILES string of the molecule is CC1CCCCCN1Cc1oc2ccccc2c1C(=O)O. The lowest BCUT2D eigenvalue weighted by Gasteiger charge is -2.25. The van der Waals surface area contributed by atoms with Gasteiger partial charge >= 0.3 is 5.97 Å². The highest BCUT2D eigenvalue weighted by Crippen LogP contribution is 2.28. The average molecular weight is 287 g/mol. The summed E-state index contributed by atoms with van der Waals surface area (Å²) in [5.41, 5.74) is 0.981. The molecule has 2 heterocycles. The maximum absolute atomic E-state index is 11.6. The van der Waals surface area contributed by atoms with Crippen molar-refractivity contribution < 1.29 is 14.3 Å². The molecule has 1 fully saturated rings. The molecule has 0 spiro atoms. The second-order valence-corrected chi connectivity index (χ2v) is 5.87. The van der Waals surface area contributed by atoms with Gasteiger partial charge in [-0.3, -0.25) is 4.90 Å². The third-order valence-corrected chi connectivity index (χ3v) is 4.42. The predicted molar refractivity (Wildman–Crippen MR) is 81.5 cm³/mol. The maximum Gasteiger partial charge on any atom is 0.339 e. The van der Waals surface area contributed by atoms with E-state index in [4.69, 9.17) is 4.42 Å². The third kappa shape index (κ3) is 2.81. The lowest BCUT2D eigenvalue weighted by Crippen LogP contribution is -2.32. The van der Waals surface area contributed by atoms with Crippen molar-refractivity contribution in [2.75, 3.05) is 6.54 Å². The molecule has 1 aromatic carbocycles. The highest BCUT2D eigenvalue weighted by atomic mass is 16.4. The van der Waals surface area contributed by atoms with Crippen LogP contribution in [0.25, 0.3) is 11.0 Å². The molecule has 4 nitrogen and oxygen atoms in total. The molecule has 2 aromatic rings. The van der Waals surface area contributed by atoms with Gasteiger partial charge < -0.3 is 9.52 Å². The van der Waals surface area contributed by atoms with Crippen LogP contribution in [-0.2, 0) is 6.54 Å². The van der Waals surface area contributed by atoms with E-state index in [0.717, 1.165) is 6.54 Å². The van der Waals surface area contributed by atoms with Crippen LogP contribution in [0.3, 0.4) is 0 Å². The zero-order valence-corrected chi connectivity index (χ0v) is 12.3. The first kappa shape index (κ1) is 14.1. The number of rotatable bonds is 3. The van der Waals surface area contributed by atoms with E-state index in [1.54, 1.807) is 0 Å². The first-order valence-corrected chi connectivity index (χ1v) is 7.64. The average Bonchev–Trinajstić information content (AvgIpc) is 2.71. The van der Waals surface area contributed by atoms with Gasteiger partial charge in [-0.15, -0.1) is 0 Å². The molecule has 0 aliphatic carbocycles. The first-order chi connectivity index (χ1) is 10.2. The van der Waals surface area contributed by atoms with Crippen molar-refractivity contribution in [2.45, 2.75) is 45.2 Å². The summed E-state index contributed by atoms with van der Waals surface area (Å²) in [7, 11) is 0. The summed E-state index contributed by atoms with van der Waals surface area (Å²) >= 11 is 0. The monoisotopic (exact) mass is 287 g/mol. The van der Waals surface area contributed by atoms with Crippen molar-refractivity contribution in [3.8, 4) is 0 Å². The number of benzene rings is 1. The van der Waals surface area contributed by atoms with Crippen molar-refractivity contribution in [1.82, 2.24) is 4.90 Å². The number of furan rings is 1. The minimum absolute atomic E-state index is 0.321. The Labute approximate surface area is 124 Å². The highest BCUT2D eigenvalue weighted by molar-refractivity contribution is 6.03. The van der Waals surface area contributed by atoms with Gasteiger partial charge in [-0.05, 0) is 32.4 Å². The largest absolute Gasteiger partial charge is 0.478 e. The number of hydrogen-bond donors (Lipinski definition) is 1. The Morgan fingerprint density at radius 3 is 2.95 bits per heavy atom. The van der Waals surface area contributed by atoms with Crippen LogP contribution < -0.4 is 0 Å². The lowest BCUT2D eigenvalue weighted by atomic mass is 10.1. The molecule has 1 saturated heterocycles. The second kappa shape index (κ2) is 5.90. The molecule has 1 aliphatic heterocycles. The van der Waals surface area contributed by atoms with E-state index in [1.165, 1.54) is 25.7 Å². The fraction of sp³-hybridized carbons (Fsp3) is 0.471. The van der Waals surface area contributed by atoms with Gasteiger partial charge in [-0.1, -0.05) is 31.0 Å². The predicted octanol–water partition coefficient (Wildman–Crippen LogP) is 3.90. The Hall–Kier alpha value is -1.81. The number of carboxylic acid groups (broad SMARTS) is 1. The second-order valence-electron chi connectivity index (χ2n) is 5.87. The van der Waals surface area contributed by atoms with Crippen molar-refractivity contribution in [1.29, 1.82) is 0 Å². The lowest BCUT2D eigenvalue weighted by molar-refractivity contribution is 0.0693. The van der Waals surface area contributed by atoms with Gasteiger partial charge in [0.25, 0.3) is 0 Å². The van der Waals surface area contributed by atoms with Crippen LogP contribution in [0.2, 0.25) is 0 Å². The number of carbonyl (C=O) groups is 1. The molecule has 0 bridgehead atoms. The van der Waals surface area contributed by atoms with Crippen LogP contribution in [-0.4, -0.2) is 28.6 Å². The molecule has 112 valence electrons. The summed E-state index contributed by atoms with van der Waals surface area (Å²) in [6.07, 6.45) is 4.85. The fourth-order valence-electron chi connectivity index (χ4n) is 3.20. The summed E-state index contributed by atoms with van der Waals surface area (Å²) < 4.78 is 5.83. The van der Waals surface area contributed by atoms with Crippen molar-refractivity contribution >= 4 is 16.9 Å². The molecule has 4 heteroatoms. The van der Waals surface area contributed by atoms with Gasteiger partial charge in [-0.25, -0.2) is 4.79 Å². The van der Waals surface area contributed by atoms with E-state index in [0.29, 0.717) is 34.9 Å². The van der Waals surface area contributed by atoms with Gasteiger partial charge in [0.15, 0.2) is 0 Å². The summed E-state index contributed by atoms with van der Waals surface area (Å²) in [4.78, 5) is 14.0. The van der Waals surface area contributed by atoms with Gasteiger partial charge in [0.05, 0.1) is 6.54 Å². The van der Waals surface area contributed by atoms with Gasteiger partial charge in [0.1, 0.15) is 16.9 Å². The fourth-order valence-corrected chi connectivity index (χ4v) is 3.20. The van der Waals surface area contributed by atoms with Gasteiger partial charge in [0, 0.05) is 11.4 Å². The molecule has 1 unspecified atom stereocenters.